The lowest BCUT2D eigenvalue weighted by Crippen LogP contribution is -2.27. The number of hydrogen-bond acceptors (Lipinski definition) is 0. The maximum atomic E-state index is 2.49. The first-order valence-electron chi connectivity index (χ1n) is 6.25. The molecule has 0 bridgehead atoms. The molecule has 0 aliphatic rings. The molecule has 0 aliphatic heterocycles. The Hall–Kier alpha value is 0.860. The van der Waals surface area contributed by atoms with Crippen LogP contribution in [0.2, 0.25) is 0 Å². The van der Waals surface area contributed by atoms with Crippen LogP contribution in [-0.2, 0) is 0 Å². The molecule has 0 spiro atoms. The van der Waals surface area contributed by atoms with Gasteiger partial charge in [-0.15, -0.1) is 0 Å². The lowest BCUT2D eigenvalue weighted by molar-refractivity contribution is 0.708. The monoisotopic (exact) mass is 262 g/mol. The highest BCUT2D eigenvalue weighted by molar-refractivity contribution is 7.76. The lowest BCUT2D eigenvalue weighted by atomic mass is 10.2. The Morgan fingerprint density at radius 3 is 1.12 bits per heavy atom. The van der Waals surface area contributed by atoms with Gasteiger partial charge in [0.2, 0.25) is 0 Å². The molecule has 0 nitrogen and oxygen atoms in total. The summed E-state index contributed by atoms with van der Waals surface area (Å²) >= 11 is 0. The first-order chi connectivity index (χ1) is 6.76. The van der Waals surface area contributed by atoms with Crippen molar-refractivity contribution < 1.29 is 0 Å². The predicted octanol–water partition coefficient (Wildman–Crippen LogP) is 5.93. The Kier molecular flexibility index (Phi) is 5.52. The standard InChI is InChI=1S/C14H32P2/c1-12(2,3)15(10)11-16(13(4,5)6)14(7,8)9/h11H2,1-10H3/t15-/m0/s1. The Balaban J connectivity index is 4.85. The molecule has 0 N–H and O–H groups in total. The van der Waals surface area contributed by atoms with E-state index in [1.807, 2.05) is 0 Å². The quantitative estimate of drug-likeness (QED) is 0.541. The molecule has 0 amide bonds. The van der Waals surface area contributed by atoms with E-state index in [9.17, 15) is 0 Å². The average Bonchev–Trinajstić information content (AvgIpc) is 1.92. The van der Waals surface area contributed by atoms with E-state index in [2.05, 4.69) is 69.0 Å². The predicted molar refractivity (Wildman–Crippen MR) is 83.9 cm³/mol. The molecule has 0 aromatic rings. The maximum absolute atomic E-state index is 2.49. The molecule has 2 heteroatoms. The van der Waals surface area contributed by atoms with Gasteiger partial charge in [0.25, 0.3) is 0 Å². The van der Waals surface area contributed by atoms with Crippen molar-refractivity contribution in [3.8, 4) is 0 Å². The minimum absolute atomic E-state index is 0.0824. The highest BCUT2D eigenvalue weighted by Gasteiger charge is 2.36. The van der Waals surface area contributed by atoms with Gasteiger partial charge < -0.3 is 0 Å². The van der Waals surface area contributed by atoms with Crippen LogP contribution in [0.3, 0.4) is 0 Å². The smallest absolute Gasteiger partial charge is 0.0109 e. The number of rotatable bonds is 2. The fourth-order valence-electron chi connectivity index (χ4n) is 1.85. The first kappa shape index (κ1) is 16.9. The zero-order chi connectivity index (χ0) is 13.4. The Labute approximate surface area is 106 Å². The molecule has 0 saturated carbocycles. The zero-order valence-corrected chi connectivity index (χ0v) is 14.9. The van der Waals surface area contributed by atoms with Gasteiger partial charge >= 0.3 is 0 Å². The fraction of sp³-hybridized carbons (Fsp3) is 1.00. The Bertz CT molecular complexity index is 198. The van der Waals surface area contributed by atoms with Crippen molar-refractivity contribution in [2.75, 3.05) is 12.6 Å². The highest BCUT2D eigenvalue weighted by atomic mass is 31.2. The molecule has 0 aliphatic carbocycles. The second kappa shape index (κ2) is 5.24. The van der Waals surface area contributed by atoms with Crippen molar-refractivity contribution in [2.24, 2.45) is 0 Å². The third-order valence-electron chi connectivity index (χ3n) is 3.12. The van der Waals surface area contributed by atoms with Gasteiger partial charge in [-0.1, -0.05) is 78.2 Å². The lowest BCUT2D eigenvalue weighted by Gasteiger charge is -2.45. The van der Waals surface area contributed by atoms with E-state index in [4.69, 9.17) is 0 Å². The Morgan fingerprint density at radius 2 is 0.938 bits per heavy atom. The molecular weight excluding hydrogens is 230 g/mol. The summed E-state index contributed by atoms with van der Waals surface area (Å²) in [5, 5.41) is 1.47. The molecule has 98 valence electrons. The Morgan fingerprint density at radius 1 is 0.625 bits per heavy atom. The molecular formula is C14H32P2. The molecule has 0 heterocycles. The summed E-state index contributed by atoms with van der Waals surface area (Å²) in [6.45, 7) is 24.2. The minimum Gasteiger partial charge on any atom is -0.0999 e. The van der Waals surface area contributed by atoms with Crippen LogP contribution in [0.5, 0.6) is 0 Å². The van der Waals surface area contributed by atoms with Crippen LogP contribution in [0.25, 0.3) is 0 Å². The highest BCUT2D eigenvalue weighted by Crippen LogP contribution is 2.66. The summed E-state index contributed by atoms with van der Waals surface area (Å²) in [7, 11) is 0.222. The fourth-order valence-corrected chi connectivity index (χ4v) is 10.7. The van der Waals surface area contributed by atoms with Crippen LogP contribution in [-0.4, -0.2) is 28.0 Å². The van der Waals surface area contributed by atoms with Gasteiger partial charge in [-0.05, 0) is 28.0 Å². The molecule has 0 aromatic heterocycles. The molecule has 16 heavy (non-hydrogen) atoms. The third-order valence-corrected chi connectivity index (χ3v) is 11.5. The molecule has 1 atom stereocenters. The van der Waals surface area contributed by atoms with Crippen LogP contribution in [0.1, 0.15) is 62.3 Å². The van der Waals surface area contributed by atoms with Crippen LogP contribution in [0.15, 0.2) is 0 Å². The number of hydrogen-bond donors (Lipinski definition) is 0. The first-order valence-corrected chi connectivity index (χ1v) is 9.75. The van der Waals surface area contributed by atoms with Gasteiger partial charge in [0.05, 0.1) is 0 Å². The van der Waals surface area contributed by atoms with Crippen LogP contribution < -0.4 is 0 Å². The van der Waals surface area contributed by atoms with E-state index in [0.29, 0.717) is 15.5 Å². The van der Waals surface area contributed by atoms with Crippen molar-refractivity contribution >= 4 is 15.8 Å². The summed E-state index contributed by atoms with van der Waals surface area (Å²) in [6, 6.07) is 0. The van der Waals surface area contributed by atoms with Gasteiger partial charge in [0, 0.05) is 0 Å². The normalized spacial score (nSPS) is 16.7. The summed E-state index contributed by atoms with van der Waals surface area (Å²) < 4.78 is 0. The molecule has 0 fully saturated rings. The summed E-state index contributed by atoms with van der Waals surface area (Å²) in [4.78, 5) is 0. The van der Waals surface area contributed by atoms with Crippen molar-refractivity contribution in [1.29, 1.82) is 0 Å². The van der Waals surface area contributed by atoms with E-state index in [0.717, 1.165) is 0 Å². The SMILES string of the molecule is C[P@@](CP(C(C)(C)C)C(C)(C)C)C(C)(C)C. The van der Waals surface area contributed by atoms with Crippen molar-refractivity contribution in [2.45, 2.75) is 77.8 Å². The van der Waals surface area contributed by atoms with Crippen LogP contribution >= 0.6 is 15.8 Å². The van der Waals surface area contributed by atoms with E-state index in [-0.39, 0.29) is 15.8 Å². The molecule has 0 rings (SSSR count). The summed E-state index contributed by atoms with van der Waals surface area (Å²) in [5.41, 5.74) is 0. The minimum atomic E-state index is 0.0824. The van der Waals surface area contributed by atoms with Gasteiger partial charge in [-0.25, -0.2) is 0 Å². The second-order valence-corrected chi connectivity index (χ2v) is 15.2. The van der Waals surface area contributed by atoms with Gasteiger partial charge in [0.1, 0.15) is 0 Å². The van der Waals surface area contributed by atoms with Crippen molar-refractivity contribution in [3.63, 3.8) is 0 Å². The molecule has 0 radical (unpaired) electrons. The van der Waals surface area contributed by atoms with Gasteiger partial charge in [-0.2, -0.15) is 0 Å². The molecule has 0 saturated heterocycles. The van der Waals surface area contributed by atoms with E-state index < -0.39 is 0 Å². The van der Waals surface area contributed by atoms with Crippen molar-refractivity contribution in [1.82, 2.24) is 0 Å². The van der Waals surface area contributed by atoms with Gasteiger partial charge in [0.15, 0.2) is 0 Å². The van der Waals surface area contributed by atoms with E-state index in [1.54, 1.807) is 0 Å². The third kappa shape index (κ3) is 5.46. The van der Waals surface area contributed by atoms with E-state index in [1.165, 1.54) is 5.90 Å². The van der Waals surface area contributed by atoms with Gasteiger partial charge in [-0.3, -0.25) is 0 Å². The zero-order valence-electron chi connectivity index (χ0n) is 13.1. The van der Waals surface area contributed by atoms with Crippen LogP contribution in [0, 0.1) is 0 Å². The van der Waals surface area contributed by atoms with Crippen molar-refractivity contribution in [3.05, 3.63) is 0 Å². The summed E-state index contributed by atoms with van der Waals surface area (Å²) in [5.74, 6) is 1.46. The molecule has 0 aromatic carbocycles. The van der Waals surface area contributed by atoms with E-state index >= 15 is 0 Å². The summed E-state index contributed by atoms with van der Waals surface area (Å²) in [6.07, 6.45) is 0. The molecule has 0 unspecified atom stereocenters. The average molecular weight is 262 g/mol. The topological polar surface area (TPSA) is 0 Å². The van der Waals surface area contributed by atoms with Crippen LogP contribution in [0.4, 0.5) is 0 Å². The maximum Gasteiger partial charge on any atom is -0.0109 e. The second-order valence-electron chi connectivity index (χ2n) is 7.78. The largest absolute Gasteiger partial charge is 0.0999 e.